The van der Waals surface area contributed by atoms with Gasteiger partial charge in [-0.15, -0.1) is 0 Å². The van der Waals surface area contributed by atoms with Crippen molar-refractivity contribution < 1.29 is 19.4 Å². The minimum atomic E-state index is -1.01. The lowest BCUT2D eigenvalue weighted by atomic mass is 9.93. The first-order valence-electron chi connectivity index (χ1n) is 6.49. The van der Waals surface area contributed by atoms with Gasteiger partial charge < -0.3 is 20.1 Å². The zero-order chi connectivity index (χ0) is 14.5. The Hall–Kier alpha value is -2.08. The Kier molecular flexibility index (Phi) is 4.57. The van der Waals surface area contributed by atoms with Crippen LogP contribution in [0.1, 0.15) is 17.2 Å². The van der Waals surface area contributed by atoms with E-state index in [2.05, 4.69) is 5.32 Å². The molecule has 2 N–H and O–H groups in total. The van der Waals surface area contributed by atoms with Gasteiger partial charge in [-0.25, -0.2) is 9.59 Å². The summed E-state index contributed by atoms with van der Waals surface area (Å²) in [5.74, 6) is -1.01. The van der Waals surface area contributed by atoms with Gasteiger partial charge in [-0.3, -0.25) is 0 Å². The SMILES string of the molecule is COCCNC(=O)N1CCc2ccccc2C1C(=O)O. The summed E-state index contributed by atoms with van der Waals surface area (Å²) in [6.45, 7) is 1.15. The van der Waals surface area contributed by atoms with Gasteiger partial charge in [0, 0.05) is 20.2 Å². The van der Waals surface area contributed by atoms with Gasteiger partial charge in [0.15, 0.2) is 6.04 Å². The average molecular weight is 278 g/mol. The number of hydrogen-bond acceptors (Lipinski definition) is 3. The summed E-state index contributed by atoms with van der Waals surface area (Å²) in [7, 11) is 1.54. The zero-order valence-corrected chi connectivity index (χ0v) is 11.3. The van der Waals surface area contributed by atoms with Gasteiger partial charge >= 0.3 is 12.0 Å². The molecule has 2 rings (SSSR count). The van der Waals surface area contributed by atoms with E-state index in [1.807, 2.05) is 12.1 Å². The Morgan fingerprint density at radius 2 is 2.20 bits per heavy atom. The van der Waals surface area contributed by atoms with Crippen molar-refractivity contribution in [3.63, 3.8) is 0 Å². The maximum Gasteiger partial charge on any atom is 0.331 e. The highest BCUT2D eigenvalue weighted by Gasteiger charge is 2.35. The molecule has 0 radical (unpaired) electrons. The van der Waals surface area contributed by atoms with E-state index in [1.54, 1.807) is 19.2 Å². The van der Waals surface area contributed by atoms with Crippen molar-refractivity contribution in [3.05, 3.63) is 35.4 Å². The normalized spacial score (nSPS) is 17.4. The third-order valence-corrected chi connectivity index (χ3v) is 3.36. The van der Waals surface area contributed by atoms with E-state index in [0.717, 1.165) is 5.56 Å². The van der Waals surface area contributed by atoms with Gasteiger partial charge in [0.05, 0.1) is 6.61 Å². The van der Waals surface area contributed by atoms with Crippen LogP contribution in [-0.4, -0.2) is 48.8 Å². The zero-order valence-electron chi connectivity index (χ0n) is 11.3. The predicted molar refractivity (Wildman–Crippen MR) is 72.5 cm³/mol. The number of aliphatic carboxylic acids is 1. The van der Waals surface area contributed by atoms with Gasteiger partial charge in [0.2, 0.25) is 0 Å². The number of fused-ring (bicyclic) bond motifs is 1. The number of amides is 2. The molecule has 108 valence electrons. The summed E-state index contributed by atoms with van der Waals surface area (Å²) in [5, 5.41) is 12.1. The molecule has 1 aromatic carbocycles. The van der Waals surface area contributed by atoms with Crippen LogP contribution in [0.2, 0.25) is 0 Å². The van der Waals surface area contributed by atoms with Crippen LogP contribution in [0.15, 0.2) is 24.3 Å². The first kappa shape index (κ1) is 14.3. The fraction of sp³-hybridized carbons (Fsp3) is 0.429. The maximum absolute atomic E-state index is 12.1. The first-order valence-corrected chi connectivity index (χ1v) is 6.49. The number of carboxylic acid groups (broad SMARTS) is 1. The molecule has 1 unspecified atom stereocenters. The molecule has 1 heterocycles. The molecular formula is C14H18N2O4. The van der Waals surface area contributed by atoms with Crippen molar-refractivity contribution in [1.29, 1.82) is 0 Å². The molecule has 1 aliphatic heterocycles. The fourth-order valence-electron chi connectivity index (χ4n) is 2.41. The third-order valence-electron chi connectivity index (χ3n) is 3.36. The van der Waals surface area contributed by atoms with Crippen LogP contribution in [0.25, 0.3) is 0 Å². The Morgan fingerprint density at radius 3 is 2.90 bits per heavy atom. The van der Waals surface area contributed by atoms with Gasteiger partial charge in [0.25, 0.3) is 0 Å². The molecule has 6 heteroatoms. The summed E-state index contributed by atoms with van der Waals surface area (Å²) in [6, 6.07) is 6.05. The first-order chi connectivity index (χ1) is 9.65. The monoisotopic (exact) mass is 278 g/mol. The Labute approximate surface area is 117 Å². The Morgan fingerprint density at radius 1 is 1.45 bits per heavy atom. The van der Waals surface area contributed by atoms with Crippen LogP contribution in [0, 0.1) is 0 Å². The lowest BCUT2D eigenvalue weighted by Gasteiger charge is -2.34. The predicted octanol–water partition coefficient (Wildman–Crippen LogP) is 1.03. The van der Waals surface area contributed by atoms with Gasteiger partial charge in [0.1, 0.15) is 0 Å². The van der Waals surface area contributed by atoms with Crippen molar-refractivity contribution >= 4 is 12.0 Å². The smallest absolute Gasteiger partial charge is 0.331 e. The number of carbonyl (C=O) groups excluding carboxylic acids is 1. The van der Waals surface area contributed by atoms with Crippen molar-refractivity contribution in [2.75, 3.05) is 26.8 Å². The molecule has 1 atom stereocenters. The van der Waals surface area contributed by atoms with Crippen LogP contribution >= 0.6 is 0 Å². The van der Waals surface area contributed by atoms with Gasteiger partial charge in [-0.05, 0) is 17.5 Å². The molecule has 0 fully saturated rings. The standard InChI is InChI=1S/C14H18N2O4/c1-20-9-7-15-14(19)16-8-6-10-4-2-3-5-11(10)12(16)13(17)18/h2-5,12H,6-9H2,1H3,(H,15,19)(H,17,18). The van der Waals surface area contributed by atoms with Crippen LogP contribution in [0.4, 0.5) is 4.79 Å². The van der Waals surface area contributed by atoms with Crippen LogP contribution < -0.4 is 5.32 Å². The van der Waals surface area contributed by atoms with Crippen LogP contribution in [0.3, 0.4) is 0 Å². The highest BCUT2D eigenvalue weighted by Crippen LogP contribution is 2.29. The topological polar surface area (TPSA) is 78.9 Å². The molecule has 0 aromatic heterocycles. The highest BCUT2D eigenvalue weighted by atomic mass is 16.5. The molecule has 2 amide bonds. The Balaban J connectivity index is 2.18. The number of ether oxygens (including phenoxy) is 1. The molecule has 1 aromatic rings. The number of benzene rings is 1. The van der Waals surface area contributed by atoms with E-state index in [0.29, 0.717) is 31.7 Å². The number of carbonyl (C=O) groups is 2. The Bertz CT molecular complexity index is 504. The molecule has 0 saturated heterocycles. The van der Waals surface area contributed by atoms with E-state index in [9.17, 15) is 14.7 Å². The summed E-state index contributed by atoms with van der Waals surface area (Å²) in [6.07, 6.45) is 0.664. The van der Waals surface area contributed by atoms with Crippen molar-refractivity contribution in [3.8, 4) is 0 Å². The quantitative estimate of drug-likeness (QED) is 0.806. The molecule has 0 aliphatic carbocycles. The largest absolute Gasteiger partial charge is 0.479 e. The number of carboxylic acids is 1. The lowest BCUT2D eigenvalue weighted by Crippen LogP contribution is -2.48. The summed E-state index contributed by atoms with van der Waals surface area (Å²) in [4.78, 5) is 25.0. The minimum absolute atomic E-state index is 0.361. The maximum atomic E-state index is 12.1. The second kappa shape index (κ2) is 6.38. The lowest BCUT2D eigenvalue weighted by molar-refractivity contribution is -0.142. The number of methoxy groups -OCH3 is 1. The molecule has 0 bridgehead atoms. The van der Waals surface area contributed by atoms with Crippen molar-refractivity contribution in [1.82, 2.24) is 10.2 Å². The number of rotatable bonds is 4. The summed E-state index contributed by atoms with van der Waals surface area (Å²) in [5.41, 5.74) is 1.67. The van der Waals surface area contributed by atoms with E-state index >= 15 is 0 Å². The van der Waals surface area contributed by atoms with Crippen molar-refractivity contribution in [2.24, 2.45) is 0 Å². The molecule has 20 heavy (non-hydrogen) atoms. The number of nitrogens with zero attached hydrogens (tertiary/aromatic N) is 1. The van der Waals surface area contributed by atoms with E-state index in [1.165, 1.54) is 4.90 Å². The molecule has 0 spiro atoms. The van der Waals surface area contributed by atoms with Gasteiger partial charge in [-0.1, -0.05) is 24.3 Å². The number of urea groups is 1. The van der Waals surface area contributed by atoms with E-state index in [4.69, 9.17) is 4.74 Å². The van der Waals surface area contributed by atoms with E-state index < -0.39 is 12.0 Å². The summed E-state index contributed by atoms with van der Waals surface area (Å²) < 4.78 is 4.86. The fourth-order valence-corrected chi connectivity index (χ4v) is 2.41. The number of hydrogen-bond donors (Lipinski definition) is 2. The van der Waals surface area contributed by atoms with Crippen LogP contribution in [0.5, 0.6) is 0 Å². The second-order valence-electron chi connectivity index (χ2n) is 4.61. The molecule has 0 saturated carbocycles. The number of nitrogens with one attached hydrogen (secondary N) is 1. The molecule has 1 aliphatic rings. The van der Waals surface area contributed by atoms with Crippen LogP contribution in [-0.2, 0) is 16.0 Å². The summed E-state index contributed by atoms with van der Waals surface area (Å²) >= 11 is 0. The molecule has 6 nitrogen and oxygen atoms in total. The van der Waals surface area contributed by atoms with Crippen molar-refractivity contribution in [2.45, 2.75) is 12.5 Å². The highest BCUT2D eigenvalue weighted by molar-refractivity contribution is 5.84. The van der Waals surface area contributed by atoms with Gasteiger partial charge in [-0.2, -0.15) is 0 Å². The second-order valence-corrected chi connectivity index (χ2v) is 4.61. The average Bonchev–Trinajstić information content (AvgIpc) is 2.45. The molecular weight excluding hydrogens is 260 g/mol. The minimum Gasteiger partial charge on any atom is -0.479 e. The van der Waals surface area contributed by atoms with E-state index in [-0.39, 0.29) is 6.03 Å². The third kappa shape index (κ3) is 2.91.